The summed E-state index contributed by atoms with van der Waals surface area (Å²) >= 11 is 0. The Hall–Kier alpha value is -2.29. The molecule has 0 radical (unpaired) electrons. The Kier molecular flexibility index (Phi) is 3.18. The van der Waals surface area contributed by atoms with Crippen LogP contribution >= 0.6 is 0 Å². The first-order valence-corrected chi connectivity index (χ1v) is 6.90. The Balaban J connectivity index is 1.88. The van der Waals surface area contributed by atoms with Crippen molar-refractivity contribution in [1.82, 2.24) is 9.55 Å². The van der Waals surface area contributed by atoms with Gasteiger partial charge in [-0.05, 0) is 42.7 Å². The lowest BCUT2D eigenvalue weighted by Gasteiger charge is -2.05. The molecule has 0 amide bonds. The van der Waals surface area contributed by atoms with Gasteiger partial charge in [-0.1, -0.05) is 24.3 Å². The van der Waals surface area contributed by atoms with Crippen LogP contribution in [0.2, 0.25) is 0 Å². The monoisotopic (exact) mass is 265 g/mol. The second-order valence-electron chi connectivity index (χ2n) is 5.28. The first-order valence-electron chi connectivity index (χ1n) is 6.90. The van der Waals surface area contributed by atoms with Crippen molar-refractivity contribution in [1.29, 1.82) is 0 Å². The van der Waals surface area contributed by atoms with Crippen LogP contribution in [-0.2, 0) is 19.9 Å². The fraction of sp³-hybridized carbons (Fsp3) is 0.235. The van der Waals surface area contributed by atoms with Gasteiger partial charge in [0, 0.05) is 19.2 Å². The zero-order valence-corrected chi connectivity index (χ0v) is 11.9. The lowest BCUT2D eigenvalue weighted by atomic mass is 10.1. The molecule has 0 aliphatic rings. The maximum Gasteiger partial charge on any atom is 0.109 e. The third-order valence-electron chi connectivity index (χ3n) is 3.80. The molecule has 0 unspecified atom stereocenters. The van der Waals surface area contributed by atoms with Gasteiger partial charge in [0.1, 0.15) is 5.82 Å². The molecule has 0 saturated carbocycles. The van der Waals surface area contributed by atoms with Crippen molar-refractivity contribution in [3.63, 3.8) is 0 Å². The minimum atomic E-state index is 0.863. The summed E-state index contributed by atoms with van der Waals surface area (Å²) in [5, 5.41) is 0. The Labute approximate surface area is 119 Å². The molecule has 2 aromatic carbocycles. The minimum Gasteiger partial charge on any atom is -0.399 e. The molecule has 102 valence electrons. The topological polar surface area (TPSA) is 43.8 Å². The highest BCUT2D eigenvalue weighted by atomic mass is 15.1. The number of nitrogens with zero attached hydrogens (tertiary/aromatic N) is 2. The number of hydrogen-bond acceptors (Lipinski definition) is 2. The number of fused-ring (bicyclic) bond motifs is 1. The Bertz CT molecular complexity index is 756. The van der Waals surface area contributed by atoms with Gasteiger partial charge in [-0.2, -0.15) is 0 Å². The van der Waals surface area contributed by atoms with E-state index in [1.54, 1.807) is 0 Å². The quantitative estimate of drug-likeness (QED) is 0.739. The molecule has 0 bridgehead atoms. The van der Waals surface area contributed by atoms with E-state index in [0.29, 0.717) is 0 Å². The standard InChI is InChI=1S/C17H19N3/c1-12-7-9-16-15(11-12)19-17(20(16)2)10-8-13-5-3-4-6-14(13)18/h3-7,9,11H,8,10,18H2,1-2H3. The Morgan fingerprint density at radius 2 is 1.90 bits per heavy atom. The van der Waals surface area contributed by atoms with Crippen LogP contribution in [0.25, 0.3) is 11.0 Å². The number of rotatable bonds is 3. The molecule has 20 heavy (non-hydrogen) atoms. The summed E-state index contributed by atoms with van der Waals surface area (Å²) in [5.41, 5.74) is 11.5. The van der Waals surface area contributed by atoms with Gasteiger partial charge < -0.3 is 10.3 Å². The summed E-state index contributed by atoms with van der Waals surface area (Å²) in [6.07, 6.45) is 1.82. The number of nitrogens with two attached hydrogens (primary N) is 1. The molecule has 0 aliphatic carbocycles. The number of nitrogen functional groups attached to an aromatic ring is 1. The predicted octanol–water partition coefficient (Wildman–Crippen LogP) is 3.25. The molecule has 3 nitrogen and oxygen atoms in total. The van der Waals surface area contributed by atoms with E-state index in [9.17, 15) is 0 Å². The maximum atomic E-state index is 5.99. The summed E-state index contributed by atoms with van der Waals surface area (Å²) < 4.78 is 2.17. The van der Waals surface area contributed by atoms with Crippen LogP contribution in [0.3, 0.4) is 0 Å². The number of hydrogen-bond donors (Lipinski definition) is 1. The second-order valence-corrected chi connectivity index (χ2v) is 5.28. The highest BCUT2D eigenvalue weighted by molar-refractivity contribution is 5.76. The van der Waals surface area contributed by atoms with Crippen molar-refractivity contribution in [3.8, 4) is 0 Å². The predicted molar refractivity (Wildman–Crippen MR) is 83.7 cm³/mol. The number of aromatic nitrogens is 2. The van der Waals surface area contributed by atoms with Gasteiger partial charge in [-0.3, -0.25) is 0 Å². The molecule has 0 spiro atoms. The van der Waals surface area contributed by atoms with Crippen molar-refractivity contribution in [2.24, 2.45) is 7.05 Å². The lowest BCUT2D eigenvalue weighted by molar-refractivity contribution is 0.787. The van der Waals surface area contributed by atoms with Gasteiger partial charge in [0.05, 0.1) is 11.0 Å². The van der Waals surface area contributed by atoms with Crippen LogP contribution in [0.1, 0.15) is 17.0 Å². The molecular formula is C17H19N3. The minimum absolute atomic E-state index is 0.863. The Morgan fingerprint density at radius 3 is 2.70 bits per heavy atom. The van der Waals surface area contributed by atoms with Gasteiger partial charge in [-0.15, -0.1) is 0 Å². The van der Waals surface area contributed by atoms with Crippen molar-refractivity contribution >= 4 is 16.7 Å². The normalized spacial score (nSPS) is 11.1. The number of benzene rings is 2. The van der Waals surface area contributed by atoms with Crippen molar-refractivity contribution in [2.75, 3.05) is 5.73 Å². The summed E-state index contributed by atoms with van der Waals surface area (Å²) in [4.78, 5) is 4.74. The zero-order chi connectivity index (χ0) is 14.1. The van der Waals surface area contributed by atoms with Crippen LogP contribution in [0.5, 0.6) is 0 Å². The molecule has 1 aromatic heterocycles. The molecule has 2 N–H and O–H groups in total. The Morgan fingerprint density at radius 1 is 1.10 bits per heavy atom. The number of para-hydroxylation sites is 1. The van der Waals surface area contributed by atoms with E-state index in [-0.39, 0.29) is 0 Å². The van der Waals surface area contributed by atoms with Crippen LogP contribution in [0.15, 0.2) is 42.5 Å². The molecule has 0 saturated heterocycles. The van der Waals surface area contributed by atoms with E-state index in [1.165, 1.54) is 16.6 Å². The van der Waals surface area contributed by atoms with E-state index in [2.05, 4.69) is 42.8 Å². The van der Waals surface area contributed by atoms with Gasteiger partial charge in [0.15, 0.2) is 0 Å². The largest absolute Gasteiger partial charge is 0.399 e. The average molecular weight is 265 g/mol. The highest BCUT2D eigenvalue weighted by Crippen LogP contribution is 2.19. The molecule has 3 heteroatoms. The first kappa shape index (κ1) is 12.7. The summed E-state index contributed by atoms with van der Waals surface area (Å²) in [5.74, 6) is 1.11. The third kappa shape index (κ3) is 2.27. The number of anilines is 1. The SMILES string of the molecule is Cc1ccc2c(c1)nc(CCc1ccccc1N)n2C. The smallest absolute Gasteiger partial charge is 0.109 e. The van der Waals surface area contributed by atoms with E-state index < -0.39 is 0 Å². The average Bonchev–Trinajstić information content (AvgIpc) is 2.74. The number of aryl methyl sites for hydroxylation is 4. The van der Waals surface area contributed by atoms with Gasteiger partial charge in [0.2, 0.25) is 0 Å². The van der Waals surface area contributed by atoms with Gasteiger partial charge >= 0.3 is 0 Å². The van der Waals surface area contributed by atoms with Crippen LogP contribution < -0.4 is 5.73 Å². The van der Waals surface area contributed by atoms with Crippen LogP contribution in [0.4, 0.5) is 5.69 Å². The summed E-state index contributed by atoms with van der Waals surface area (Å²) in [7, 11) is 2.08. The molecule has 3 rings (SSSR count). The summed E-state index contributed by atoms with van der Waals surface area (Å²) in [6, 6.07) is 14.4. The molecule has 0 fully saturated rings. The van der Waals surface area contributed by atoms with E-state index in [4.69, 9.17) is 10.7 Å². The molecule has 1 heterocycles. The van der Waals surface area contributed by atoms with Crippen LogP contribution in [-0.4, -0.2) is 9.55 Å². The van der Waals surface area contributed by atoms with Crippen LogP contribution in [0, 0.1) is 6.92 Å². The van der Waals surface area contributed by atoms with Gasteiger partial charge in [0.25, 0.3) is 0 Å². The van der Waals surface area contributed by atoms with E-state index >= 15 is 0 Å². The third-order valence-corrected chi connectivity index (χ3v) is 3.80. The van der Waals surface area contributed by atoms with Gasteiger partial charge in [-0.25, -0.2) is 4.98 Å². The van der Waals surface area contributed by atoms with E-state index in [1.807, 2.05) is 18.2 Å². The highest BCUT2D eigenvalue weighted by Gasteiger charge is 2.08. The molecule has 3 aromatic rings. The fourth-order valence-corrected chi connectivity index (χ4v) is 2.59. The van der Waals surface area contributed by atoms with Crippen molar-refractivity contribution in [3.05, 3.63) is 59.4 Å². The van der Waals surface area contributed by atoms with E-state index in [0.717, 1.165) is 29.9 Å². The molecular weight excluding hydrogens is 246 g/mol. The first-order chi connectivity index (χ1) is 9.65. The van der Waals surface area contributed by atoms with Crippen molar-refractivity contribution < 1.29 is 0 Å². The second kappa shape index (κ2) is 5.00. The molecule has 0 atom stereocenters. The zero-order valence-electron chi connectivity index (χ0n) is 11.9. The summed E-state index contributed by atoms with van der Waals surface area (Å²) in [6.45, 7) is 2.10. The maximum absolute atomic E-state index is 5.99. The molecule has 0 aliphatic heterocycles. The van der Waals surface area contributed by atoms with Crippen molar-refractivity contribution in [2.45, 2.75) is 19.8 Å². The lowest BCUT2D eigenvalue weighted by Crippen LogP contribution is -2.02. The fourth-order valence-electron chi connectivity index (χ4n) is 2.59. The number of imidazole rings is 1.